The Balaban J connectivity index is 1.80. The maximum absolute atomic E-state index is 2.52. The molecule has 0 aliphatic heterocycles. The maximum atomic E-state index is 2.52. The smallest absolute Gasteiger partial charge is 0.00128 e. The van der Waals surface area contributed by atoms with E-state index in [1.165, 1.54) is 19.3 Å². The molecule has 0 heterocycles. The molecule has 0 aromatic heterocycles. The van der Waals surface area contributed by atoms with Crippen LogP contribution >= 0.6 is 0 Å². The van der Waals surface area contributed by atoms with Crippen LogP contribution < -0.4 is 0 Å². The van der Waals surface area contributed by atoms with Gasteiger partial charge in [-0.05, 0) is 41.4 Å². The van der Waals surface area contributed by atoms with Gasteiger partial charge in [0, 0.05) is 0 Å². The van der Waals surface area contributed by atoms with Crippen molar-refractivity contribution in [3.8, 4) is 0 Å². The molecule has 3 rings (SSSR count). The van der Waals surface area contributed by atoms with Gasteiger partial charge < -0.3 is 0 Å². The monoisotopic (exact) mass is 176 g/mol. The van der Waals surface area contributed by atoms with Crippen LogP contribution in [-0.2, 0) is 0 Å². The van der Waals surface area contributed by atoms with Gasteiger partial charge in [-0.1, -0.05) is 39.3 Å². The van der Waals surface area contributed by atoms with Gasteiger partial charge in [-0.2, -0.15) is 0 Å². The van der Waals surface area contributed by atoms with Gasteiger partial charge in [0.2, 0.25) is 0 Å². The summed E-state index contributed by atoms with van der Waals surface area (Å²) < 4.78 is 0. The van der Waals surface area contributed by atoms with Crippen molar-refractivity contribution in [1.82, 2.24) is 0 Å². The van der Waals surface area contributed by atoms with Gasteiger partial charge in [0.15, 0.2) is 0 Å². The lowest BCUT2D eigenvalue weighted by Crippen LogP contribution is -2.26. The molecular formula is C13H20. The third kappa shape index (κ3) is 0.742. The second kappa shape index (κ2) is 2.04. The van der Waals surface area contributed by atoms with Crippen LogP contribution in [0.5, 0.6) is 0 Å². The lowest BCUT2D eigenvalue weighted by atomic mass is 9.69. The van der Waals surface area contributed by atoms with E-state index in [1.54, 1.807) is 0 Å². The fourth-order valence-electron chi connectivity index (χ4n) is 4.05. The molecule has 0 aromatic carbocycles. The quantitative estimate of drug-likeness (QED) is 0.563. The molecule has 0 saturated heterocycles. The Morgan fingerprint density at radius 1 is 1.54 bits per heavy atom. The van der Waals surface area contributed by atoms with E-state index in [2.05, 4.69) is 32.9 Å². The maximum Gasteiger partial charge on any atom is -0.00128 e. The molecule has 2 saturated carbocycles. The molecule has 0 radical (unpaired) electrons. The zero-order chi connectivity index (χ0) is 9.27. The molecule has 0 N–H and O–H groups in total. The van der Waals surface area contributed by atoms with E-state index in [-0.39, 0.29) is 0 Å². The molecular weight excluding hydrogens is 156 g/mol. The molecule has 0 bridgehead atoms. The fraction of sp³-hybridized carbons (Fsp3) is 0.846. The van der Waals surface area contributed by atoms with Crippen molar-refractivity contribution in [2.75, 3.05) is 0 Å². The summed E-state index contributed by atoms with van der Waals surface area (Å²) in [6.07, 6.45) is 9.30. The molecule has 2 fully saturated rings. The minimum Gasteiger partial charge on any atom is -0.0836 e. The zero-order valence-electron chi connectivity index (χ0n) is 9.01. The van der Waals surface area contributed by atoms with Crippen molar-refractivity contribution in [2.24, 2.45) is 28.6 Å². The average Bonchev–Trinajstić information content (AvgIpc) is 2.46. The van der Waals surface area contributed by atoms with Crippen LogP contribution in [0.4, 0.5) is 0 Å². The SMILES string of the molecule is CCC(C)C1(C)CC2C3C=CC32C1. The van der Waals surface area contributed by atoms with Crippen molar-refractivity contribution in [3.05, 3.63) is 12.2 Å². The van der Waals surface area contributed by atoms with E-state index in [9.17, 15) is 0 Å². The van der Waals surface area contributed by atoms with E-state index < -0.39 is 0 Å². The van der Waals surface area contributed by atoms with E-state index in [0.717, 1.165) is 23.2 Å². The standard InChI is InChI=1S/C13H20/c1-4-9(2)12(3)7-11-10-5-6-13(10,11)8-12/h5-6,9-11H,4,7-8H2,1-3H3. The highest BCUT2D eigenvalue weighted by atomic mass is 14.8. The van der Waals surface area contributed by atoms with Gasteiger partial charge in [-0.25, -0.2) is 0 Å². The van der Waals surface area contributed by atoms with Crippen LogP contribution in [0.3, 0.4) is 0 Å². The predicted molar refractivity (Wildman–Crippen MR) is 55.3 cm³/mol. The van der Waals surface area contributed by atoms with E-state index >= 15 is 0 Å². The van der Waals surface area contributed by atoms with Crippen LogP contribution in [0.25, 0.3) is 0 Å². The van der Waals surface area contributed by atoms with Crippen LogP contribution in [-0.4, -0.2) is 0 Å². The van der Waals surface area contributed by atoms with Crippen molar-refractivity contribution < 1.29 is 0 Å². The summed E-state index contributed by atoms with van der Waals surface area (Å²) >= 11 is 0. The van der Waals surface area contributed by atoms with Crippen molar-refractivity contribution in [1.29, 1.82) is 0 Å². The lowest BCUT2D eigenvalue weighted by Gasteiger charge is -2.36. The molecule has 5 unspecified atom stereocenters. The third-order valence-corrected chi connectivity index (χ3v) is 5.45. The Hall–Kier alpha value is -0.260. The topological polar surface area (TPSA) is 0 Å². The highest BCUT2D eigenvalue weighted by Crippen LogP contribution is 2.79. The largest absolute Gasteiger partial charge is 0.0836 e. The highest BCUT2D eigenvalue weighted by Gasteiger charge is 2.73. The average molecular weight is 176 g/mol. The van der Waals surface area contributed by atoms with Gasteiger partial charge in [0.25, 0.3) is 0 Å². The van der Waals surface area contributed by atoms with Gasteiger partial charge >= 0.3 is 0 Å². The summed E-state index contributed by atoms with van der Waals surface area (Å²) in [5, 5.41) is 0. The van der Waals surface area contributed by atoms with Gasteiger partial charge in [0.1, 0.15) is 0 Å². The summed E-state index contributed by atoms with van der Waals surface area (Å²) in [5.74, 6) is 3.00. The first-order chi connectivity index (χ1) is 6.12. The summed E-state index contributed by atoms with van der Waals surface area (Å²) in [6.45, 7) is 7.30. The number of rotatable bonds is 2. The molecule has 5 atom stereocenters. The van der Waals surface area contributed by atoms with E-state index in [4.69, 9.17) is 0 Å². The fourth-order valence-corrected chi connectivity index (χ4v) is 4.05. The van der Waals surface area contributed by atoms with Crippen LogP contribution in [0.15, 0.2) is 12.2 Å². The highest BCUT2D eigenvalue weighted by molar-refractivity contribution is 5.39. The van der Waals surface area contributed by atoms with Gasteiger partial charge in [-0.15, -0.1) is 0 Å². The lowest BCUT2D eigenvalue weighted by molar-refractivity contribution is 0.162. The normalized spacial score (nSPS) is 58.1. The van der Waals surface area contributed by atoms with Crippen molar-refractivity contribution >= 4 is 0 Å². The number of hydrogen-bond donors (Lipinski definition) is 0. The first kappa shape index (κ1) is 8.08. The molecule has 3 aliphatic carbocycles. The first-order valence-corrected chi connectivity index (χ1v) is 5.82. The summed E-state index contributed by atoms with van der Waals surface area (Å²) in [6, 6.07) is 0. The molecule has 72 valence electrons. The molecule has 13 heavy (non-hydrogen) atoms. The molecule has 0 amide bonds. The molecule has 3 aliphatic rings. The van der Waals surface area contributed by atoms with Gasteiger partial charge in [-0.3, -0.25) is 0 Å². The number of allylic oxidation sites excluding steroid dienone is 2. The van der Waals surface area contributed by atoms with Crippen LogP contribution in [0.2, 0.25) is 0 Å². The Labute approximate surface area is 81.4 Å². The Bertz CT molecular complexity index is 278. The minimum atomic E-state index is 0.667. The van der Waals surface area contributed by atoms with Crippen molar-refractivity contribution in [3.63, 3.8) is 0 Å². The summed E-state index contributed by atoms with van der Waals surface area (Å²) in [7, 11) is 0. The molecule has 0 heteroatoms. The second-order valence-electron chi connectivity index (χ2n) is 5.95. The number of hydrogen-bond acceptors (Lipinski definition) is 0. The molecule has 1 spiro atoms. The minimum absolute atomic E-state index is 0.667. The number of fused-ring (bicyclic) bond motifs is 1. The first-order valence-electron chi connectivity index (χ1n) is 5.82. The van der Waals surface area contributed by atoms with Crippen LogP contribution in [0, 0.1) is 28.6 Å². The molecule has 0 aromatic rings. The Morgan fingerprint density at radius 2 is 2.31 bits per heavy atom. The van der Waals surface area contributed by atoms with E-state index in [0.29, 0.717) is 5.41 Å². The summed E-state index contributed by atoms with van der Waals surface area (Å²) in [5.41, 5.74) is 1.40. The second-order valence-corrected chi connectivity index (χ2v) is 5.95. The zero-order valence-corrected chi connectivity index (χ0v) is 9.01. The predicted octanol–water partition coefficient (Wildman–Crippen LogP) is 3.63. The van der Waals surface area contributed by atoms with Crippen molar-refractivity contribution in [2.45, 2.75) is 40.0 Å². The third-order valence-electron chi connectivity index (χ3n) is 5.45. The Kier molecular flexibility index (Phi) is 1.27. The molecule has 0 nitrogen and oxygen atoms in total. The van der Waals surface area contributed by atoms with Crippen LogP contribution in [0.1, 0.15) is 40.0 Å². The summed E-state index contributed by atoms with van der Waals surface area (Å²) in [4.78, 5) is 0. The van der Waals surface area contributed by atoms with Gasteiger partial charge in [0.05, 0.1) is 0 Å². The Morgan fingerprint density at radius 3 is 2.77 bits per heavy atom. The van der Waals surface area contributed by atoms with E-state index in [1.807, 2.05) is 0 Å².